The third-order valence-electron chi connectivity index (χ3n) is 4.27. The number of nitrogens with zero attached hydrogens (tertiary/aromatic N) is 2. The van der Waals surface area contributed by atoms with Gasteiger partial charge in [-0.15, -0.1) is 0 Å². The highest BCUT2D eigenvalue weighted by Crippen LogP contribution is 2.29. The van der Waals surface area contributed by atoms with Crippen LogP contribution in [0.4, 0.5) is 5.69 Å². The fraction of sp³-hybridized carbons (Fsp3) is 0.0952. The van der Waals surface area contributed by atoms with Crippen LogP contribution >= 0.6 is 0 Å². The molecule has 1 N–H and O–H groups in total. The molecule has 128 valence electrons. The molecule has 1 unspecified atom stereocenters. The van der Waals surface area contributed by atoms with Gasteiger partial charge in [0.2, 0.25) is 0 Å². The van der Waals surface area contributed by atoms with Crippen molar-refractivity contribution in [3.63, 3.8) is 0 Å². The topological polar surface area (TPSA) is 63.6 Å². The number of amides is 1. The van der Waals surface area contributed by atoms with Gasteiger partial charge in [0, 0.05) is 30.1 Å². The van der Waals surface area contributed by atoms with E-state index in [0.717, 1.165) is 22.4 Å². The lowest BCUT2D eigenvalue weighted by Crippen LogP contribution is -2.22. The monoisotopic (exact) mass is 343 g/mol. The summed E-state index contributed by atoms with van der Waals surface area (Å²) in [7, 11) is 0. The Bertz CT molecular complexity index is 940. The predicted molar refractivity (Wildman–Crippen MR) is 101 cm³/mol. The first-order valence-corrected chi connectivity index (χ1v) is 8.39. The molecule has 2 aromatic carbocycles. The molecule has 0 aliphatic carbocycles. The lowest BCUT2D eigenvalue weighted by atomic mass is 10.0. The molecule has 1 aliphatic heterocycles. The van der Waals surface area contributed by atoms with Crippen LogP contribution in [0.15, 0.2) is 84.3 Å². The second kappa shape index (κ2) is 7.19. The number of para-hydroxylation sites is 1. The van der Waals surface area contributed by atoms with Gasteiger partial charge in [-0.05, 0) is 29.3 Å². The molecule has 4 rings (SSSR count). The second-order valence-electron chi connectivity index (χ2n) is 5.98. The summed E-state index contributed by atoms with van der Waals surface area (Å²) in [6.45, 7) is 0. The Hall–Kier alpha value is -3.47. The van der Waals surface area contributed by atoms with Crippen molar-refractivity contribution in [3.05, 3.63) is 84.7 Å². The predicted octanol–water partition coefficient (Wildman–Crippen LogP) is 4.20. The summed E-state index contributed by atoms with van der Waals surface area (Å²) >= 11 is 0. The van der Waals surface area contributed by atoms with Crippen LogP contribution in [0.3, 0.4) is 0 Å². The minimum atomic E-state index is -0.245. The lowest BCUT2D eigenvalue weighted by molar-refractivity contribution is -0.110. The summed E-state index contributed by atoms with van der Waals surface area (Å²) in [4.78, 5) is 22.1. The number of hydrogen-bond donors (Lipinski definition) is 1. The number of aromatic nitrogens is 1. The average Bonchev–Trinajstić information content (AvgIpc) is 3.20. The lowest BCUT2D eigenvalue weighted by Gasteiger charge is -2.11. The molecule has 1 aliphatic rings. The summed E-state index contributed by atoms with van der Waals surface area (Å²) in [6.07, 6.45) is 3.70. The van der Waals surface area contributed by atoms with E-state index in [0.29, 0.717) is 12.1 Å². The highest BCUT2D eigenvalue weighted by Gasteiger charge is 2.27. The highest BCUT2D eigenvalue weighted by molar-refractivity contribution is 6.43. The van der Waals surface area contributed by atoms with Crippen molar-refractivity contribution in [2.24, 2.45) is 5.16 Å². The largest absolute Gasteiger partial charge is 0.387 e. The van der Waals surface area contributed by atoms with Crippen molar-refractivity contribution < 1.29 is 9.63 Å². The molecule has 0 radical (unpaired) electrons. The van der Waals surface area contributed by atoms with E-state index in [2.05, 4.69) is 15.5 Å². The first-order chi connectivity index (χ1) is 12.8. The fourth-order valence-corrected chi connectivity index (χ4v) is 2.93. The van der Waals surface area contributed by atoms with Gasteiger partial charge in [-0.2, -0.15) is 0 Å². The summed E-state index contributed by atoms with van der Waals surface area (Å²) in [5, 5.41) is 6.94. The zero-order chi connectivity index (χ0) is 17.8. The fourth-order valence-electron chi connectivity index (χ4n) is 2.93. The van der Waals surface area contributed by atoms with Gasteiger partial charge < -0.3 is 10.2 Å². The van der Waals surface area contributed by atoms with Crippen molar-refractivity contribution in [2.75, 3.05) is 5.32 Å². The number of hydrogen-bond acceptors (Lipinski definition) is 4. The molecule has 26 heavy (non-hydrogen) atoms. The van der Waals surface area contributed by atoms with E-state index < -0.39 is 0 Å². The van der Waals surface area contributed by atoms with Crippen molar-refractivity contribution in [1.82, 2.24) is 4.98 Å². The summed E-state index contributed by atoms with van der Waals surface area (Å²) < 4.78 is 0. The number of carbonyl (C=O) groups excluding carboxylic acids is 1. The number of carbonyl (C=O) groups is 1. The van der Waals surface area contributed by atoms with E-state index in [1.54, 1.807) is 12.4 Å². The molecule has 1 aromatic heterocycles. The minimum absolute atomic E-state index is 0.215. The van der Waals surface area contributed by atoms with Crippen LogP contribution in [-0.2, 0) is 9.63 Å². The Kier molecular flexibility index (Phi) is 4.43. The van der Waals surface area contributed by atoms with Crippen LogP contribution in [0.1, 0.15) is 18.1 Å². The van der Waals surface area contributed by atoms with Gasteiger partial charge in [-0.25, -0.2) is 0 Å². The molecular formula is C21H17N3O2. The van der Waals surface area contributed by atoms with E-state index in [1.165, 1.54) is 0 Å². The highest BCUT2D eigenvalue weighted by atomic mass is 16.6. The molecule has 0 saturated heterocycles. The molecule has 3 aromatic rings. The maximum absolute atomic E-state index is 12.6. The maximum Gasteiger partial charge on any atom is 0.273 e. The first-order valence-electron chi connectivity index (χ1n) is 8.39. The Labute approximate surface area is 151 Å². The number of rotatable bonds is 4. The molecule has 1 atom stereocenters. The molecule has 0 fully saturated rings. The molecule has 2 heterocycles. The Balaban J connectivity index is 1.50. The Morgan fingerprint density at radius 1 is 0.962 bits per heavy atom. The molecule has 0 bridgehead atoms. The summed E-state index contributed by atoms with van der Waals surface area (Å²) in [5.74, 6) is -0.245. The van der Waals surface area contributed by atoms with E-state index in [-0.39, 0.29) is 12.0 Å². The van der Waals surface area contributed by atoms with Gasteiger partial charge in [-0.1, -0.05) is 53.7 Å². The van der Waals surface area contributed by atoms with Gasteiger partial charge in [0.25, 0.3) is 5.91 Å². The van der Waals surface area contributed by atoms with Gasteiger partial charge >= 0.3 is 0 Å². The smallest absolute Gasteiger partial charge is 0.273 e. The van der Waals surface area contributed by atoms with Crippen LogP contribution in [0, 0.1) is 0 Å². The van der Waals surface area contributed by atoms with Crippen LogP contribution in [0.25, 0.3) is 11.1 Å². The van der Waals surface area contributed by atoms with Crippen LogP contribution in [0.2, 0.25) is 0 Å². The molecular weight excluding hydrogens is 326 g/mol. The minimum Gasteiger partial charge on any atom is -0.387 e. The van der Waals surface area contributed by atoms with Crippen molar-refractivity contribution in [3.8, 4) is 11.1 Å². The van der Waals surface area contributed by atoms with Gasteiger partial charge in [0.05, 0.1) is 0 Å². The maximum atomic E-state index is 12.6. The van der Waals surface area contributed by atoms with E-state index in [1.807, 2.05) is 66.7 Å². The number of oxime groups is 1. The zero-order valence-corrected chi connectivity index (χ0v) is 14.0. The molecule has 5 nitrogen and oxygen atoms in total. The molecule has 5 heteroatoms. The number of anilines is 1. The normalized spacial score (nSPS) is 15.8. The summed E-state index contributed by atoms with van der Waals surface area (Å²) in [6, 6.07) is 21.3. The summed E-state index contributed by atoms with van der Waals surface area (Å²) in [5.41, 5.74) is 4.05. The Morgan fingerprint density at radius 2 is 1.69 bits per heavy atom. The SMILES string of the molecule is O=C(Nc1ccccc1-c1ccncc1)C1=NOC(c2ccccc2)C1. The van der Waals surface area contributed by atoms with Crippen molar-refractivity contribution in [1.29, 1.82) is 0 Å². The zero-order valence-electron chi connectivity index (χ0n) is 14.0. The number of benzene rings is 2. The molecule has 1 amide bonds. The van der Waals surface area contributed by atoms with Crippen molar-refractivity contribution in [2.45, 2.75) is 12.5 Å². The molecule has 0 spiro atoms. The van der Waals surface area contributed by atoms with E-state index in [4.69, 9.17) is 4.84 Å². The van der Waals surface area contributed by atoms with E-state index in [9.17, 15) is 4.79 Å². The molecule has 0 saturated carbocycles. The van der Waals surface area contributed by atoms with Crippen molar-refractivity contribution >= 4 is 17.3 Å². The van der Waals surface area contributed by atoms with Crippen LogP contribution < -0.4 is 5.32 Å². The second-order valence-corrected chi connectivity index (χ2v) is 5.98. The third kappa shape index (κ3) is 3.32. The van der Waals surface area contributed by atoms with E-state index >= 15 is 0 Å². The Morgan fingerprint density at radius 3 is 2.50 bits per heavy atom. The van der Waals surface area contributed by atoms with Crippen LogP contribution in [0.5, 0.6) is 0 Å². The number of nitrogens with one attached hydrogen (secondary N) is 1. The standard InChI is InChI=1S/C21H17N3O2/c25-21(19-14-20(26-24-19)16-6-2-1-3-7-16)23-18-9-5-4-8-17(18)15-10-12-22-13-11-15/h1-13,20H,14H2,(H,23,25). The van der Waals surface area contributed by atoms with Gasteiger partial charge in [0.1, 0.15) is 5.71 Å². The van der Waals surface area contributed by atoms with Crippen LogP contribution in [-0.4, -0.2) is 16.6 Å². The first kappa shape index (κ1) is 16.0. The average molecular weight is 343 g/mol. The van der Waals surface area contributed by atoms with Gasteiger partial charge in [-0.3, -0.25) is 9.78 Å². The number of pyridine rings is 1. The third-order valence-corrected chi connectivity index (χ3v) is 4.27. The quantitative estimate of drug-likeness (QED) is 0.772. The van der Waals surface area contributed by atoms with Gasteiger partial charge in [0.15, 0.2) is 6.10 Å².